The molecular formula is C22H30FN7O3. The Balaban J connectivity index is 1.29. The molecule has 2 saturated heterocycles. The molecule has 4 rings (SSSR count). The van der Waals surface area contributed by atoms with Crippen LogP contribution in [0.1, 0.15) is 12.8 Å². The minimum Gasteiger partial charge on any atom is -0.447 e. The van der Waals surface area contributed by atoms with E-state index >= 15 is 4.39 Å². The van der Waals surface area contributed by atoms with Gasteiger partial charge in [-0.1, -0.05) is 18.2 Å². The van der Waals surface area contributed by atoms with Gasteiger partial charge in [-0.25, -0.2) is 19.2 Å². The maximum absolute atomic E-state index is 15.2. The summed E-state index contributed by atoms with van der Waals surface area (Å²) in [6.45, 7) is 4.46. The van der Waals surface area contributed by atoms with E-state index in [1.807, 2.05) is 24.5 Å². The first-order chi connectivity index (χ1) is 16.0. The van der Waals surface area contributed by atoms with Gasteiger partial charge in [0.2, 0.25) is 5.95 Å². The summed E-state index contributed by atoms with van der Waals surface area (Å²) in [6.07, 6.45) is 8.63. The van der Waals surface area contributed by atoms with E-state index in [0.29, 0.717) is 13.2 Å². The van der Waals surface area contributed by atoms with Crippen molar-refractivity contribution < 1.29 is 18.7 Å². The Hall–Kier alpha value is -3.21. The van der Waals surface area contributed by atoms with E-state index in [2.05, 4.69) is 24.8 Å². The smallest absolute Gasteiger partial charge is 0.436 e. The summed E-state index contributed by atoms with van der Waals surface area (Å²) in [5, 5.41) is 0. The van der Waals surface area contributed by atoms with E-state index < -0.39 is 18.2 Å². The van der Waals surface area contributed by atoms with Crippen LogP contribution in [0.25, 0.3) is 0 Å². The third kappa shape index (κ3) is 5.78. The van der Waals surface area contributed by atoms with E-state index in [9.17, 15) is 4.79 Å². The van der Waals surface area contributed by atoms with Gasteiger partial charge in [0.25, 0.3) is 0 Å². The number of hydrogen-bond donors (Lipinski definition) is 2. The van der Waals surface area contributed by atoms with Crippen LogP contribution in [0, 0.1) is 11.8 Å². The fraction of sp³-hybridized carbons (Fsp3) is 0.545. The molecule has 0 radical (unpaired) electrons. The Labute approximate surface area is 192 Å². The van der Waals surface area contributed by atoms with E-state index in [1.54, 1.807) is 6.08 Å². The number of ether oxygens (including phenoxy) is 2. The van der Waals surface area contributed by atoms with Crippen LogP contribution < -0.4 is 21.3 Å². The first-order valence-corrected chi connectivity index (χ1v) is 11.2. The average Bonchev–Trinajstić information content (AvgIpc) is 2.84. The predicted octanol–water partition coefficient (Wildman–Crippen LogP) is 1.39. The van der Waals surface area contributed by atoms with Crippen LogP contribution in [-0.2, 0) is 9.47 Å². The molecular weight excluding hydrogens is 429 g/mol. The van der Waals surface area contributed by atoms with Gasteiger partial charge < -0.3 is 30.7 Å². The first kappa shape index (κ1) is 23.0. The number of piperidine rings is 1. The molecule has 1 aromatic rings. The van der Waals surface area contributed by atoms with Crippen molar-refractivity contribution in [3.05, 3.63) is 36.2 Å². The minimum absolute atomic E-state index is 0.115. The maximum atomic E-state index is 15.2. The van der Waals surface area contributed by atoms with Crippen LogP contribution in [0.3, 0.4) is 0 Å². The van der Waals surface area contributed by atoms with Crippen molar-refractivity contribution >= 4 is 23.7 Å². The number of alkyl halides is 1. The topological polar surface area (TPSA) is 132 Å². The van der Waals surface area contributed by atoms with Crippen LogP contribution in [0.5, 0.6) is 0 Å². The summed E-state index contributed by atoms with van der Waals surface area (Å²) < 4.78 is 25.6. The Morgan fingerprint density at radius 1 is 1.15 bits per heavy atom. The molecule has 11 heteroatoms. The lowest BCUT2D eigenvalue weighted by atomic mass is 9.80. The number of rotatable bonds is 5. The number of morpholine rings is 1. The molecule has 33 heavy (non-hydrogen) atoms. The zero-order valence-electron chi connectivity index (χ0n) is 18.5. The number of nitrogens with two attached hydrogens (primary N) is 2. The lowest BCUT2D eigenvalue weighted by Gasteiger charge is -2.36. The van der Waals surface area contributed by atoms with Gasteiger partial charge in [0, 0.05) is 32.1 Å². The highest BCUT2D eigenvalue weighted by Gasteiger charge is 2.33. The monoisotopic (exact) mass is 459 g/mol. The number of anilines is 2. The predicted molar refractivity (Wildman–Crippen MR) is 123 cm³/mol. The molecule has 1 aromatic heterocycles. The zero-order valence-corrected chi connectivity index (χ0v) is 18.5. The standard InChI is InChI=1S/C22H30FN7O3/c23-19-16(14-33-22(31)28-20(24)25)2-1-3-18(19)15-4-6-29(7-5-15)17-12-26-21(27-13-17)30-8-10-32-11-9-30/h1-3,12-13,15-16,19H,4-11,14H2,(H4,24,25,28,31). The lowest BCUT2D eigenvalue weighted by molar-refractivity contribution is 0.122. The van der Waals surface area contributed by atoms with Gasteiger partial charge in [-0.3, -0.25) is 0 Å². The Morgan fingerprint density at radius 2 is 1.85 bits per heavy atom. The molecule has 0 saturated carbocycles. The molecule has 4 N–H and O–H groups in total. The van der Waals surface area contributed by atoms with Crippen molar-refractivity contribution in [2.75, 3.05) is 55.8 Å². The molecule has 2 aliphatic heterocycles. The van der Waals surface area contributed by atoms with Gasteiger partial charge in [0.15, 0.2) is 5.96 Å². The third-order valence-electron chi connectivity index (χ3n) is 6.21. The van der Waals surface area contributed by atoms with Crippen molar-refractivity contribution in [1.29, 1.82) is 0 Å². The van der Waals surface area contributed by atoms with Crippen molar-refractivity contribution in [3.63, 3.8) is 0 Å². The van der Waals surface area contributed by atoms with Crippen molar-refractivity contribution in [3.8, 4) is 0 Å². The molecule has 3 aliphatic rings. The second-order valence-electron chi connectivity index (χ2n) is 8.33. The SMILES string of the molecule is NC(N)=NC(=O)OCC1C=CC=C(C2CCN(c3cnc(N4CCOCC4)nc3)CC2)C1F. The van der Waals surface area contributed by atoms with Gasteiger partial charge >= 0.3 is 6.09 Å². The second kappa shape index (κ2) is 10.6. The van der Waals surface area contributed by atoms with E-state index in [4.69, 9.17) is 20.9 Å². The summed E-state index contributed by atoms with van der Waals surface area (Å²) in [6, 6.07) is 0. The Bertz CT molecular complexity index is 903. The number of aromatic nitrogens is 2. The molecule has 2 atom stereocenters. The maximum Gasteiger partial charge on any atom is 0.436 e. The molecule has 2 unspecified atom stereocenters. The highest BCUT2D eigenvalue weighted by Crippen LogP contribution is 2.35. The average molecular weight is 460 g/mol. The zero-order chi connectivity index (χ0) is 23.2. The number of aliphatic imine (C=N–C) groups is 1. The van der Waals surface area contributed by atoms with Gasteiger partial charge in [0.1, 0.15) is 12.8 Å². The summed E-state index contributed by atoms with van der Waals surface area (Å²) in [5.41, 5.74) is 12.0. The molecule has 1 amide bonds. The van der Waals surface area contributed by atoms with Crippen LogP contribution in [0.4, 0.5) is 20.8 Å². The van der Waals surface area contributed by atoms with Crippen molar-refractivity contribution in [2.24, 2.45) is 28.3 Å². The van der Waals surface area contributed by atoms with E-state index in [1.165, 1.54) is 0 Å². The van der Waals surface area contributed by atoms with Gasteiger partial charge in [-0.05, 0) is 24.3 Å². The summed E-state index contributed by atoms with van der Waals surface area (Å²) in [5.74, 6) is -0.0830. The van der Waals surface area contributed by atoms with E-state index in [-0.39, 0.29) is 18.5 Å². The normalized spacial score (nSPS) is 23.7. The van der Waals surface area contributed by atoms with Crippen LogP contribution in [-0.4, -0.2) is 74.2 Å². The number of hydrogen-bond acceptors (Lipinski definition) is 7. The van der Waals surface area contributed by atoms with E-state index in [0.717, 1.165) is 56.2 Å². The number of carbonyl (C=O) groups excluding carboxylic acids is 1. The Morgan fingerprint density at radius 3 is 2.52 bits per heavy atom. The second-order valence-corrected chi connectivity index (χ2v) is 8.33. The van der Waals surface area contributed by atoms with Crippen LogP contribution in [0.2, 0.25) is 0 Å². The molecule has 0 bridgehead atoms. The number of nitrogens with zero attached hydrogens (tertiary/aromatic N) is 5. The fourth-order valence-electron chi connectivity index (χ4n) is 4.43. The third-order valence-corrected chi connectivity index (χ3v) is 6.21. The lowest BCUT2D eigenvalue weighted by Crippen LogP contribution is -2.38. The van der Waals surface area contributed by atoms with Crippen molar-refractivity contribution in [2.45, 2.75) is 19.0 Å². The Kier molecular flexibility index (Phi) is 7.38. The molecule has 0 aromatic carbocycles. The number of halogens is 1. The molecule has 0 spiro atoms. The molecule has 178 valence electrons. The number of guanidine groups is 1. The van der Waals surface area contributed by atoms with Gasteiger partial charge in [0.05, 0.1) is 31.3 Å². The quantitative estimate of drug-likeness (QED) is 0.495. The highest BCUT2D eigenvalue weighted by molar-refractivity contribution is 5.87. The largest absolute Gasteiger partial charge is 0.447 e. The van der Waals surface area contributed by atoms with Crippen LogP contribution in [0.15, 0.2) is 41.2 Å². The minimum atomic E-state index is -1.21. The summed E-state index contributed by atoms with van der Waals surface area (Å²) >= 11 is 0. The molecule has 2 fully saturated rings. The van der Waals surface area contributed by atoms with Gasteiger partial charge in [-0.2, -0.15) is 0 Å². The first-order valence-electron chi connectivity index (χ1n) is 11.2. The number of carbonyl (C=O) groups is 1. The van der Waals surface area contributed by atoms with Crippen molar-refractivity contribution in [1.82, 2.24) is 9.97 Å². The summed E-state index contributed by atoms with van der Waals surface area (Å²) in [7, 11) is 0. The fourth-order valence-corrected chi connectivity index (χ4v) is 4.43. The highest BCUT2D eigenvalue weighted by atomic mass is 19.1. The molecule has 3 heterocycles. The van der Waals surface area contributed by atoms with Gasteiger partial charge in [-0.15, -0.1) is 4.99 Å². The molecule has 1 aliphatic carbocycles. The van der Waals surface area contributed by atoms with Crippen LogP contribution >= 0.6 is 0 Å². The number of allylic oxidation sites excluding steroid dienone is 3. The summed E-state index contributed by atoms with van der Waals surface area (Å²) in [4.78, 5) is 28.2. The number of amides is 1. The molecule has 10 nitrogen and oxygen atoms in total.